The number of benzene rings is 1. The van der Waals surface area contributed by atoms with Crippen LogP contribution in [0.15, 0.2) is 29.4 Å². The second kappa shape index (κ2) is 6.38. The molecule has 0 bridgehead atoms. The van der Waals surface area contributed by atoms with Crippen LogP contribution in [0.1, 0.15) is 6.92 Å². The fourth-order valence-electron chi connectivity index (χ4n) is 1.85. The van der Waals surface area contributed by atoms with Crippen LogP contribution in [0.4, 0.5) is 13.2 Å². The molecule has 1 heterocycles. The normalized spacial score (nSPS) is 11.8. The van der Waals surface area contributed by atoms with E-state index in [4.69, 9.17) is 0 Å². The molecule has 114 valence electrons. The molecule has 2 aromatic rings. The molecule has 1 amide bonds. The predicted octanol–water partition coefficient (Wildman–Crippen LogP) is 2.83. The third-order valence-electron chi connectivity index (χ3n) is 2.75. The van der Waals surface area contributed by atoms with Gasteiger partial charge in [-0.2, -0.15) is 13.2 Å². The first-order valence-corrected chi connectivity index (χ1v) is 7.31. The van der Waals surface area contributed by atoms with Gasteiger partial charge >= 0.3 is 6.18 Å². The predicted molar refractivity (Wildman–Crippen MR) is 75.2 cm³/mol. The number of hydrogen-bond acceptors (Lipinski definition) is 3. The van der Waals surface area contributed by atoms with Gasteiger partial charge in [0.1, 0.15) is 6.54 Å². The van der Waals surface area contributed by atoms with Crippen molar-refractivity contribution < 1.29 is 18.0 Å². The van der Waals surface area contributed by atoms with E-state index in [-0.39, 0.29) is 5.75 Å². The summed E-state index contributed by atoms with van der Waals surface area (Å²) in [7, 11) is 0. The van der Waals surface area contributed by atoms with Crippen LogP contribution in [-0.2, 0) is 11.3 Å². The number of halogens is 3. The maximum Gasteiger partial charge on any atom is 0.405 e. The second-order valence-electron chi connectivity index (χ2n) is 4.31. The Morgan fingerprint density at radius 3 is 2.76 bits per heavy atom. The summed E-state index contributed by atoms with van der Waals surface area (Å²) in [6, 6.07) is 7.52. The van der Waals surface area contributed by atoms with Crippen LogP contribution in [-0.4, -0.2) is 33.9 Å². The zero-order chi connectivity index (χ0) is 15.5. The standard InChI is InChI=1S/C13H14F3N3OS/c1-2-19-10-6-4-3-5-9(10)18-12(19)21-7-11(20)17-8-13(14,15)16/h3-6H,2,7-8H2,1H3,(H,17,20). The number of thioether (sulfide) groups is 1. The number of amides is 1. The average molecular weight is 317 g/mol. The molecule has 0 saturated carbocycles. The average Bonchev–Trinajstić information content (AvgIpc) is 2.79. The maximum atomic E-state index is 12.0. The third-order valence-corrected chi connectivity index (χ3v) is 3.73. The molecule has 4 nitrogen and oxygen atoms in total. The van der Waals surface area contributed by atoms with E-state index in [1.165, 1.54) is 0 Å². The van der Waals surface area contributed by atoms with Gasteiger partial charge in [-0.05, 0) is 19.1 Å². The lowest BCUT2D eigenvalue weighted by atomic mass is 10.3. The SMILES string of the molecule is CCn1c(SCC(=O)NCC(F)(F)F)nc2ccccc21. The number of nitrogens with one attached hydrogen (secondary N) is 1. The molecular formula is C13H14F3N3OS. The summed E-state index contributed by atoms with van der Waals surface area (Å²) in [6.45, 7) is 1.31. The van der Waals surface area contributed by atoms with E-state index >= 15 is 0 Å². The highest BCUT2D eigenvalue weighted by Gasteiger charge is 2.27. The summed E-state index contributed by atoms with van der Waals surface area (Å²) in [4.78, 5) is 15.8. The molecule has 21 heavy (non-hydrogen) atoms. The quantitative estimate of drug-likeness (QED) is 0.863. The lowest BCUT2D eigenvalue weighted by molar-refractivity contribution is -0.136. The van der Waals surface area contributed by atoms with Crippen LogP contribution in [0.25, 0.3) is 11.0 Å². The van der Waals surface area contributed by atoms with Gasteiger partial charge in [0.2, 0.25) is 5.91 Å². The molecule has 0 fully saturated rings. The van der Waals surface area contributed by atoms with Gasteiger partial charge in [-0.3, -0.25) is 4.79 Å². The highest BCUT2D eigenvalue weighted by molar-refractivity contribution is 7.99. The van der Waals surface area contributed by atoms with Crippen molar-refractivity contribution in [3.63, 3.8) is 0 Å². The van der Waals surface area contributed by atoms with Gasteiger partial charge in [0, 0.05) is 6.54 Å². The van der Waals surface area contributed by atoms with Crippen molar-refractivity contribution in [1.29, 1.82) is 0 Å². The van der Waals surface area contributed by atoms with E-state index < -0.39 is 18.6 Å². The number of fused-ring (bicyclic) bond motifs is 1. The van der Waals surface area contributed by atoms with Gasteiger partial charge in [-0.25, -0.2) is 4.98 Å². The van der Waals surface area contributed by atoms with Crippen molar-refractivity contribution in [3.05, 3.63) is 24.3 Å². The summed E-state index contributed by atoms with van der Waals surface area (Å²) >= 11 is 1.13. The van der Waals surface area contributed by atoms with Gasteiger partial charge in [0.15, 0.2) is 5.16 Å². The maximum absolute atomic E-state index is 12.0. The Labute approximate surface area is 123 Å². The van der Waals surface area contributed by atoms with Gasteiger partial charge in [0.05, 0.1) is 16.8 Å². The van der Waals surface area contributed by atoms with E-state index in [1.54, 1.807) is 0 Å². The monoisotopic (exact) mass is 317 g/mol. The van der Waals surface area contributed by atoms with Crippen LogP contribution >= 0.6 is 11.8 Å². The molecule has 0 saturated heterocycles. The smallest absolute Gasteiger partial charge is 0.346 e. The number of hydrogen-bond donors (Lipinski definition) is 1. The molecule has 1 aromatic carbocycles. The molecule has 0 radical (unpaired) electrons. The highest BCUT2D eigenvalue weighted by Crippen LogP contribution is 2.23. The van der Waals surface area contributed by atoms with Gasteiger partial charge in [0.25, 0.3) is 0 Å². The number of para-hydroxylation sites is 2. The molecule has 0 aliphatic rings. The van der Waals surface area contributed by atoms with Crippen LogP contribution in [0.3, 0.4) is 0 Å². The van der Waals surface area contributed by atoms with Crippen LogP contribution in [0.2, 0.25) is 0 Å². The number of alkyl halides is 3. The van der Waals surface area contributed by atoms with Crippen molar-refractivity contribution in [2.75, 3.05) is 12.3 Å². The zero-order valence-corrected chi connectivity index (χ0v) is 12.1. The first-order valence-electron chi connectivity index (χ1n) is 6.32. The molecule has 1 aromatic heterocycles. The molecule has 8 heteroatoms. The molecule has 0 spiro atoms. The minimum absolute atomic E-state index is 0.0978. The molecule has 0 aliphatic carbocycles. The van der Waals surface area contributed by atoms with Crippen molar-refractivity contribution in [1.82, 2.24) is 14.9 Å². The summed E-state index contributed by atoms with van der Waals surface area (Å²) in [5, 5.41) is 2.47. The topological polar surface area (TPSA) is 46.9 Å². The van der Waals surface area contributed by atoms with Crippen molar-refractivity contribution >= 4 is 28.7 Å². The van der Waals surface area contributed by atoms with E-state index in [0.717, 1.165) is 22.8 Å². The summed E-state index contributed by atoms with van der Waals surface area (Å²) in [5.74, 6) is -0.758. The van der Waals surface area contributed by atoms with E-state index in [9.17, 15) is 18.0 Å². The van der Waals surface area contributed by atoms with Crippen molar-refractivity contribution in [3.8, 4) is 0 Å². The summed E-state index contributed by atoms with van der Waals surface area (Å²) in [5.41, 5.74) is 1.75. The molecule has 0 unspecified atom stereocenters. The first-order chi connectivity index (χ1) is 9.90. The second-order valence-corrected chi connectivity index (χ2v) is 5.25. The van der Waals surface area contributed by atoms with Crippen LogP contribution < -0.4 is 5.32 Å². The summed E-state index contributed by atoms with van der Waals surface area (Å²) in [6.07, 6.45) is -4.39. The molecular weight excluding hydrogens is 303 g/mol. The van der Waals surface area contributed by atoms with E-state index in [0.29, 0.717) is 11.7 Å². The van der Waals surface area contributed by atoms with Gasteiger partial charge in [-0.15, -0.1) is 0 Å². The van der Waals surface area contributed by atoms with E-state index in [2.05, 4.69) is 4.98 Å². The van der Waals surface area contributed by atoms with Crippen molar-refractivity contribution in [2.45, 2.75) is 24.8 Å². The van der Waals surface area contributed by atoms with Gasteiger partial charge in [-0.1, -0.05) is 23.9 Å². The number of carbonyl (C=O) groups is 1. The minimum atomic E-state index is -4.39. The Bertz CT molecular complexity index is 639. The zero-order valence-electron chi connectivity index (χ0n) is 11.3. The van der Waals surface area contributed by atoms with Gasteiger partial charge < -0.3 is 9.88 Å². The van der Waals surface area contributed by atoms with Crippen LogP contribution in [0, 0.1) is 0 Å². The number of aryl methyl sites for hydroxylation is 1. The first kappa shape index (κ1) is 15.7. The lowest BCUT2D eigenvalue weighted by Crippen LogP contribution is -2.34. The largest absolute Gasteiger partial charge is 0.405 e. The number of nitrogens with zero attached hydrogens (tertiary/aromatic N) is 2. The van der Waals surface area contributed by atoms with E-state index in [1.807, 2.05) is 41.1 Å². The summed E-state index contributed by atoms with van der Waals surface area (Å²) < 4.78 is 37.9. The number of rotatable bonds is 5. The lowest BCUT2D eigenvalue weighted by Gasteiger charge is -2.08. The number of imidazole rings is 1. The molecule has 1 N–H and O–H groups in total. The molecule has 2 rings (SSSR count). The Morgan fingerprint density at radius 1 is 1.38 bits per heavy atom. The fraction of sp³-hybridized carbons (Fsp3) is 0.385. The number of aromatic nitrogens is 2. The minimum Gasteiger partial charge on any atom is -0.346 e. The molecule has 0 aliphatic heterocycles. The Hall–Kier alpha value is -1.70. The third kappa shape index (κ3) is 4.13. The molecule has 0 atom stereocenters. The highest BCUT2D eigenvalue weighted by atomic mass is 32.2. The van der Waals surface area contributed by atoms with Crippen molar-refractivity contribution in [2.24, 2.45) is 0 Å². The fourth-order valence-corrected chi connectivity index (χ4v) is 2.76. The Balaban J connectivity index is 2.02. The Kier molecular flexibility index (Phi) is 4.76. The Morgan fingerprint density at radius 2 is 2.10 bits per heavy atom. The number of carbonyl (C=O) groups excluding carboxylic acids is 1. The van der Waals surface area contributed by atoms with Crippen LogP contribution in [0.5, 0.6) is 0 Å².